The van der Waals surface area contributed by atoms with Crippen LogP contribution in [0.4, 0.5) is 0 Å². The van der Waals surface area contributed by atoms with Crippen molar-refractivity contribution in [3.05, 3.63) is 27.7 Å². The van der Waals surface area contributed by atoms with E-state index in [1.54, 1.807) is 13.8 Å². The molecule has 0 aliphatic carbocycles. The minimum Gasteiger partial charge on any atom is -0.481 e. The van der Waals surface area contributed by atoms with Gasteiger partial charge in [-0.2, -0.15) is 0 Å². The van der Waals surface area contributed by atoms with E-state index in [0.717, 1.165) is 15.6 Å². The Labute approximate surface area is 135 Å². The molecule has 114 valence electrons. The Balaban J connectivity index is 2.88. The van der Waals surface area contributed by atoms with Crippen LogP contribution in [0.15, 0.2) is 16.6 Å². The van der Waals surface area contributed by atoms with Gasteiger partial charge < -0.3 is 10.1 Å². The largest absolute Gasteiger partial charge is 0.481 e. The highest BCUT2D eigenvalue weighted by Gasteiger charge is 2.24. The molecule has 1 rings (SSSR count). The summed E-state index contributed by atoms with van der Waals surface area (Å²) in [7, 11) is 0. The van der Waals surface area contributed by atoms with Crippen LogP contribution in [0.1, 0.15) is 38.3 Å². The molecule has 1 atom stereocenters. The number of ether oxygens (including phenoxy) is 1. The minimum atomic E-state index is -0.681. The van der Waals surface area contributed by atoms with Gasteiger partial charge in [0.15, 0.2) is 6.10 Å². The zero-order valence-electron chi connectivity index (χ0n) is 13.2. The fourth-order valence-electron chi connectivity index (χ4n) is 1.89. The lowest BCUT2D eigenvalue weighted by atomic mass is 10.1. The molecule has 1 amide bonds. The molecule has 0 bridgehead atoms. The minimum absolute atomic E-state index is 0.196. The molecule has 3 nitrogen and oxygen atoms in total. The number of halogens is 1. The van der Waals surface area contributed by atoms with E-state index in [2.05, 4.69) is 27.2 Å². The molecule has 0 saturated heterocycles. The highest BCUT2D eigenvalue weighted by atomic mass is 79.9. The quantitative estimate of drug-likeness (QED) is 0.820. The maximum absolute atomic E-state index is 12.2. The molecule has 0 fully saturated rings. The van der Waals surface area contributed by atoms with Gasteiger partial charge in [-0.1, -0.05) is 28.8 Å². The van der Waals surface area contributed by atoms with Crippen molar-refractivity contribution in [2.75, 3.05) is 0 Å². The Kier molecular flexibility index (Phi) is 5.86. The average molecular weight is 352 g/mol. The Morgan fingerprint density at radius 1 is 1.43 bits per heavy atom. The predicted octanol–water partition coefficient (Wildman–Crippen LogP) is 3.75. The second kappa shape index (κ2) is 7.00. The summed E-state index contributed by atoms with van der Waals surface area (Å²) in [5, 5.41) is 2.81. The van der Waals surface area contributed by atoms with Gasteiger partial charge in [-0.25, -0.2) is 0 Å². The van der Waals surface area contributed by atoms with Gasteiger partial charge in [0.25, 0.3) is 5.91 Å². The third-order valence-corrected chi connectivity index (χ3v) is 4.40. The van der Waals surface area contributed by atoms with Crippen LogP contribution >= 0.6 is 15.9 Å². The van der Waals surface area contributed by atoms with Crippen LogP contribution in [0, 0.1) is 26.2 Å². The normalized spacial score (nSPS) is 12.4. The van der Waals surface area contributed by atoms with E-state index in [-0.39, 0.29) is 5.91 Å². The number of terminal acetylenes is 1. The van der Waals surface area contributed by atoms with Gasteiger partial charge >= 0.3 is 0 Å². The van der Waals surface area contributed by atoms with Gasteiger partial charge in [-0.15, -0.1) is 6.42 Å². The van der Waals surface area contributed by atoms with Crippen molar-refractivity contribution in [1.82, 2.24) is 5.32 Å². The third-order valence-electron chi connectivity index (χ3n) is 3.15. The van der Waals surface area contributed by atoms with Crippen molar-refractivity contribution in [2.45, 2.75) is 52.7 Å². The van der Waals surface area contributed by atoms with Gasteiger partial charge in [0.1, 0.15) is 5.75 Å². The molecule has 21 heavy (non-hydrogen) atoms. The first-order valence-corrected chi connectivity index (χ1v) is 7.72. The van der Waals surface area contributed by atoms with Gasteiger partial charge in [0.2, 0.25) is 0 Å². The first kappa shape index (κ1) is 17.6. The molecule has 0 radical (unpaired) electrons. The number of rotatable bonds is 5. The fraction of sp³-hybridized carbons (Fsp3) is 0.471. The molecule has 0 spiro atoms. The van der Waals surface area contributed by atoms with E-state index in [1.165, 1.54) is 0 Å². The maximum atomic E-state index is 12.2. The summed E-state index contributed by atoms with van der Waals surface area (Å²) >= 11 is 3.52. The summed E-state index contributed by atoms with van der Waals surface area (Å²) in [5.41, 5.74) is 1.47. The summed E-state index contributed by atoms with van der Waals surface area (Å²) in [5.74, 6) is 3.04. The van der Waals surface area contributed by atoms with Crippen LogP contribution in [-0.4, -0.2) is 17.6 Å². The smallest absolute Gasteiger partial charge is 0.262 e. The fourth-order valence-corrected chi connectivity index (χ4v) is 2.11. The highest BCUT2D eigenvalue weighted by Crippen LogP contribution is 2.27. The number of aryl methyl sites for hydroxylation is 2. The van der Waals surface area contributed by atoms with Crippen molar-refractivity contribution < 1.29 is 9.53 Å². The highest BCUT2D eigenvalue weighted by molar-refractivity contribution is 9.10. The topological polar surface area (TPSA) is 38.3 Å². The zero-order chi connectivity index (χ0) is 16.2. The van der Waals surface area contributed by atoms with Gasteiger partial charge in [-0.05, 0) is 57.4 Å². The molecule has 1 N–H and O–H groups in total. The van der Waals surface area contributed by atoms with E-state index in [0.29, 0.717) is 12.2 Å². The van der Waals surface area contributed by atoms with Crippen molar-refractivity contribution >= 4 is 21.8 Å². The van der Waals surface area contributed by atoms with Crippen molar-refractivity contribution in [3.63, 3.8) is 0 Å². The van der Waals surface area contributed by atoms with Crippen LogP contribution in [0.2, 0.25) is 0 Å². The molecule has 0 saturated carbocycles. The summed E-state index contributed by atoms with van der Waals surface area (Å²) in [6, 6.07) is 3.83. The lowest BCUT2D eigenvalue weighted by molar-refractivity contribution is -0.129. The van der Waals surface area contributed by atoms with Crippen molar-refractivity contribution in [3.8, 4) is 18.1 Å². The Morgan fingerprint density at radius 2 is 1.95 bits per heavy atom. The van der Waals surface area contributed by atoms with Crippen LogP contribution in [0.5, 0.6) is 5.75 Å². The molecular weight excluding hydrogens is 330 g/mol. The molecule has 0 aliphatic rings. The van der Waals surface area contributed by atoms with E-state index in [1.807, 2.05) is 32.9 Å². The molecule has 1 aromatic rings. The van der Waals surface area contributed by atoms with E-state index >= 15 is 0 Å². The Hall–Kier alpha value is -1.47. The number of carbonyl (C=O) groups is 1. The van der Waals surface area contributed by atoms with Crippen molar-refractivity contribution in [1.29, 1.82) is 0 Å². The summed E-state index contributed by atoms with van der Waals surface area (Å²) in [6.07, 6.45) is 5.41. The molecule has 4 heteroatoms. The third kappa shape index (κ3) is 4.78. The summed E-state index contributed by atoms with van der Waals surface area (Å²) in [4.78, 5) is 12.2. The summed E-state index contributed by atoms with van der Waals surface area (Å²) < 4.78 is 6.89. The molecule has 1 unspecified atom stereocenters. The van der Waals surface area contributed by atoms with Gasteiger partial charge in [0.05, 0.1) is 5.54 Å². The summed E-state index contributed by atoms with van der Waals surface area (Å²) in [6.45, 7) is 9.46. The zero-order valence-corrected chi connectivity index (χ0v) is 14.8. The number of benzene rings is 1. The van der Waals surface area contributed by atoms with E-state index < -0.39 is 11.6 Å². The molecule has 1 aromatic carbocycles. The SMILES string of the molecule is C#CC(C)(C)NC(=O)C(CC)Oc1cc(C)c(Br)c(C)c1. The molecule has 0 aromatic heterocycles. The lowest BCUT2D eigenvalue weighted by Crippen LogP contribution is -2.48. The molecular formula is C17H22BrNO2. The number of hydrogen-bond acceptors (Lipinski definition) is 2. The number of nitrogens with one attached hydrogen (secondary N) is 1. The Bertz CT molecular complexity index is 550. The maximum Gasteiger partial charge on any atom is 0.262 e. The second-order valence-corrected chi connectivity index (χ2v) is 6.44. The number of hydrogen-bond donors (Lipinski definition) is 1. The van der Waals surface area contributed by atoms with Gasteiger partial charge in [0, 0.05) is 4.47 Å². The van der Waals surface area contributed by atoms with E-state index in [9.17, 15) is 4.79 Å². The predicted molar refractivity (Wildman–Crippen MR) is 89.4 cm³/mol. The molecule has 0 aliphatic heterocycles. The number of amides is 1. The number of carbonyl (C=O) groups excluding carboxylic acids is 1. The lowest BCUT2D eigenvalue weighted by Gasteiger charge is -2.24. The second-order valence-electron chi connectivity index (χ2n) is 5.64. The van der Waals surface area contributed by atoms with Crippen LogP contribution < -0.4 is 10.1 Å². The van der Waals surface area contributed by atoms with E-state index in [4.69, 9.17) is 11.2 Å². The van der Waals surface area contributed by atoms with Crippen LogP contribution in [0.25, 0.3) is 0 Å². The molecule has 0 heterocycles. The van der Waals surface area contributed by atoms with Crippen molar-refractivity contribution in [2.24, 2.45) is 0 Å². The average Bonchev–Trinajstić information content (AvgIpc) is 2.41. The van der Waals surface area contributed by atoms with Crippen LogP contribution in [0.3, 0.4) is 0 Å². The van der Waals surface area contributed by atoms with Gasteiger partial charge in [-0.3, -0.25) is 4.79 Å². The standard InChI is InChI=1S/C17H22BrNO2/c1-7-14(16(20)19-17(5,6)8-2)21-13-9-11(3)15(18)12(4)10-13/h2,9-10,14H,7H2,1,3-6H3,(H,19,20). The Morgan fingerprint density at radius 3 is 2.38 bits per heavy atom. The monoisotopic (exact) mass is 351 g/mol. The first-order chi connectivity index (χ1) is 9.70. The van der Waals surface area contributed by atoms with Crippen LogP contribution in [-0.2, 0) is 4.79 Å². The first-order valence-electron chi connectivity index (χ1n) is 6.93.